The van der Waals surface area contributed by atoms with E-state index < -0.39 is 0 Å². The molecule has 0 aliphatic heterocycles. The summed E-state index contributed by atoms with van der Waals surface area (Å²) in [6.45, 7) is 6.76. The van der Waals surface area contributed by atoms with E-state index in [-0.39, 0.29) is 11.2 Å². The summed E-state index contributed by atoms with van der Waals surface area (Å²) in [5.41, 5.74) is 3.01. The maximum Gasteiger partial charge on any atom is 0.237 e. The van der Waals surface area contributed by atoms with Crippen molar-refractivity contribution in [2.75, 3.05) is 5.32 Å². The molecule has 4 rings (SSSR count). The molecule has 152 valence electrons. The van der Waals surface area contributed by atoms with Gasteiger partial charge in [0.25, 0.3) is 0 Å². The number of carbonyl (C=O) groups is 1. The third kappa shape index (κ3) is 4.09. The molecule has 1 N–H and O–H groups in total. The van der Waals surface area contributed by atoms with E-state index in [0.29, 0.717) is 0 Å². The second-order valence-electron chi connectivity index (χ2n) is 7.18. The molecule has 0 radical (unpaired) electrons. The highest BCUT2D eigenvalue weighted by Crippen LogP contribution is 2.29. The van der Waals surface area contributed by atoms with E-state index in [9.17, 15) is 4.79 Å². The first-order valence-corrected chi connectivity index (χ1v) is 10.9. The number of benzene rings is 3. The van der Waals surface area contributed by atoms with Gasteiger partial charge in [0.1, 0.15) is 0 Å². The van der Waals surface area contributed by atoms with Crippen LogP contribution in [0, 0.1) is 6.92 Å². The summed E-state index contributed by atoms with van der Waals surface area (Å²) in [4.78, 5) is 12.8. The molecule has 1 aromatic heterocycles. The van der Waals surface area contributed by atoms with Gasteiger partial charge >= 0.3 is 0 Å². The van der Waals surface area contributed by atoms with Gasteiger partial charge in [0.2, 0.25) is 5.91 Å². The van der Waals surface area contributed by atoms with Crippen molar-refractivity contribution in [2.24, 2.45) is 0 Å². The predicted octanol–water partition coefficient (Wildman–Crippen LogP) is 5.55. The smallest absolute Gasteiger partial charge is 0.237 e. The van der Waals surface area contributed by atoms with E-state index in [1.54, 1.807) is 0 Å². The van der Waals surface area contributed by atoms with Crippen molar-refractivity contribution in [3.05, 3.63) is 72.3 Å². The summed E-state index contributed by atoms with van der Waals surface area (Å²) in [6.07, 6.45) is 0. The van der Waals surface area contributed by atoms with Crippen molar-refractivity contribution in [3.8, 4) is 11.4 Å². The molecule has 0 fully saturated rings. The number of amides is 1. The summed E-state index contributed by atoms with van der Waals surface area (Å²) in [5, 5.41) is 14.5. The second kappa shape index (κ2) is 8.71. The number of hydrogen-bond donors (Lipinski definition) is 1. The highest BCUT2D eigenvalue weighted by molar-refractivity contribution is 8.00. The molecular weight excluding hydrogens is 392 g/mol. The highest BCUT2D eigenvalue weighted by atomic mass is 32.2. The summed E-state index contributed by atoms with van der Waals surface area (Å²) in [7, 11) is 0. The van der Waals surface area contributed by atoms with Crippen molar-refractivity contribution in [3.63, 3.8) is 0 Å². The topological polar surface area (TPSA) is 59.8 Å². The van der Waals surface area contributed by atoms with Crippen LogP contribution in [0.1, 0.15) is 19.4 Å². The summed E-state index contributed by atoms with van der Waals surface area (Å²) >= 11 is 1.42. The van der Waals surface area contributed by atoms with Gasteiger partial charge in [-0.1, -0.05) is 66.4 Å². The lowest BCUT2D eigenvalue weighted by Gasteiger charge is -2.13. The molecule has 0 saturated heterocycles. The van der Waals surface area contributed by atoms with E-state index in [2.05, 4.69) is 52.1 Å². The van der Waals surface area contributed by atoms with Gasteiger partial charge in [0, 0.05) is 17.8 Å². The average Bonchev–Trinajstić information content (AvgIpc) is 3.16. The Balaban J connectivity index is 1.51. The molecule has 1 atom stereocenters. The van der Waals surface area contributed by atoms with Crippen LogP contribution in [0.4, 0.5) is 5.69 Å². The third-order valence-electron chi connectivity index (χ3n) is 5.09. The molecular formula is C24H24N4OS. The molecule has 0 aliphatic rings. The van der Waals surface area contributed by atoms with Crippen LogP contribution in [0.2, 0.25) is 0 Å². The van der Waals surface area contributed by atoms with Crippen molar-refractivity contribution in [2.45, 2.75) is 37.7 Å². The average molecular weight is 417 g/mol. The van der Waals surface area contributed by atoms with Crippen LogP contribution in [0.5, 0.6) is 0 Å². The SMILES string of the molecule is CCn1c(S[C@@H](C)C(=O)Nc2ccc3ccccc3c2)nnc1-c1ccccc1C. The largest absolute Gasteiger partial charge is 0.325 e. The Bertz CT molecular complexity index is 1200. The number of rotatable bonds is 6. The van der Waals surface area contributed by atoms with E-state index in [0.717, 1.165) is 45.1 Å². The first-order chi connectivity index (χ1) is 14.6. The van der Waals surface area contributed by atoms with Crippen LogP contribution < -0.4 is 5.32 Å². The van der Waals surface area contributed by atoms with Crippen LogP contribution in [0.25, 0.3) is 22.2 Å². The zero-order chi connectivity index (χ0) is 21.1. The van der Waals surface area contributed by atoms with Crippen molar-refractivity contribution in [1.29, 1.82) is 0 Å². The number of hydrogen-bond acceptors (Lipinski definition) is 4. The molecule has 3 aromatic carbocycles. The maximum absolute atomic E-state index is 12.8. The minimum absolute atomic E-state index is 0.0571. The van der Waals surface area contributed by atoms with Crippen molar-refractivity contribution in [1.82, 2.24) is 14.8 Å². The summed E-state index contributed by atoms with van der Waals surface area (Å²) in [6, 6.07) is 22.2. The predicted molar refractivity (Wildman–Crippen MR) is 124 cm³/mol. The zero-order valence-corrected chi connectivity index (χ0v) is 18.1. The van der Waals surface area contributed by atoms with Crippen LogP contribution in [0.15, 0.2) is 71.9 Å². The number of carbonyl (C=O) groups excluding carboxylic acids is 1. The Morgan fingerprint density at radius 2 is 1.77 bits per heavy atom. The Labute approximate surface area is 180 Å². The molecule has 1 heterocycles. The fraction of sp³-hybridized carbons (Fsp3) is 0.208. The fourth-order valence-electron chi connectivity index (χ4n) is 3.41. The van der Waals surface area contributed by atoms with Gasteiger partial charge in [-0.15, -0.1) is 10.2 Å². The Morgan fingerprint density at radius 1 is 1.03 bits per heavy atom. The van der Waals surface area contributed by atoms with Gasteiger partial charge in [0.15, 0.2) is 11.0 Å². The number of anilines is 1. The molecule has 0 spiro atoms. The molecule has 0 unspecified atom stereocenters. The molecule has 0 bridgehead atoms. The molecule has 5 nitrogen and oxygen atoms in total. The van der Waals surface area contributed by atoms with E-state index >= 15 is 0 Å². The first kappa shape index (κ1) is 20.2. The monoisotopic (exact) mass is 416 g/mol. The third-order valence-corrected chi connectivity index (χ3v) is 6.17. The number of aryl methyl sites for hydroxylation is 1. The van der Waals surface area contributed by atoms with E-state index in [1.807, 2.05) is 55.5 Å². The highest BCUT2D eigenvalue weighted by Gasteiger charge is 2.21. The minimum Gasteiger partial charge on any atom is -0.325 e. The number of nitrogens with zero attached hydrogens (tertiary/aromatic N) is 3. The second-order valence-corrected chi connectivity index (χ2v) is 8.48. The van der Waals surface area contributed by atoms with Crippen LogP contribution >= 0.6 is 11.8 Å². The minimum atomic E-state index is -0.310. The molecule has 0 aliphatic carbocycles. The normalized spacial score (nSPS) is 12.1. The molecule has 0 saturated carbocycles. The fourth-order valence-corrected chi connectivity index (χ4v) is 4.32. The standard InChI is InChI=1S/C24H24N4OS/c1-4-28-22(21-12-8-5-9-16(21)2)26-27-24(28)30-17(3)23(29)25-20-14-13-18-10-6-7-11-19(18)15-20/h5-15,17H,4H2,1-3H3,(H,25,29)/t17-/m0/s1. The van der Waals surface area contributed by atoms with Crippen LogP contribution in [-0.4, -0.2) is 25.9 Å². The quantitative estimate of drug-likeness (QED) is 0.419. The lowest BCUT2D eigenvalue weighted by atomic mass is 10.1. The van der Waals surface area contributed by atoms with Crippen molar-refractivity contribution >= 4 is 34.1 Å². The molecule has 30 heavy (non-hydrogen) atoms. The van der Waals surface area contributed by atoms with Gasteiger partial charge in [-0.3, -0.25) is 4.79 Å². The van der Waals surface area contributed by atoms with Crippen molar-refractivity contribution < 1.29 is 4.79 Å². The van der Waals surface area contributed by atoms with E-state index in [1.165, 1.54) is 11.8 Å². The lowest BCUT2D eigenvalue weighted by molar-refractivity contribution is -0.115. The van der Waals surface area contributed by atoms with Gasteiger partial charge in [-0.25, -0.2) is 0 Å². The van der Waals surface area contributed by atoms with E-state index in [4.69, 9.17) is 0 Å². The molecule has 1 amide bonds. The van der Waals surface area contributed by atoms with Crippen LogP contribution in [-0.2, 0) is 11.3 Å². The summed E-state index contributed by atoms with van der Waals surface area (Å²) in [5.74, 6) is 0.776. The molecule has 6 heteroatoms. The number of fused-ring (bicyclic) bond motifs is 1. The van der Waals surface area contributed by atoms with Crippen LogP contribution in [0.3, 0.4) is 0 Å². The Kier molecular flexibility index (Phi) is 5.86. The number of aromatic nitrogens is 3. The Morgan fingerprint density at radius 3 is 2.53 bits per heavy atom. The Hall–Kier alpha value is -3.12. The van der Waals surface area contributed by atoms with Gasteiger partial charge in [0.05, 0.1) is 5.25 Å². The first-order valence-electron chi connectivity index (χ1n) is 10.0. The van der Waals surface area contributed by atoms with Gasteiger partial charge in [-0.05, 0) is 49.2 Å². The number of thioether (sulfide) groups is 1. The lowest BCUT2D eigenvalue weighted by Crippen LogP contribution is -2.23. The summed E-state index contributed by atoms with van der Waals surface area (Å²) < 4.78 is 2.06. The zero-order valence-electron chi connectivity index (χ0n) is 17.3. The van der Waals surface area contributed by atoms with Gasteiger partial charge < -0.3 is 9.88 Å². The van der Waals surface area contributed by atoms with Gasteiger partial charge in [-0.2, -0.15) is 0 Å². The molecule has 4 aromatic rings. The maximum atomic E-state index is 12.8. The number of nitrogens with one attached hydrogen (secondary N) is 1.